The van der Waals surface area contributed by atoms with Crippen molar-refractivity contribution in [2.45, 2.75) is 6.42 Å². The standard InChI is InChI=1S/C21H23N3O4/c1-24(2)17-10-8-15(9-11-17)14-18(21(28)22-13-12-19(25)26)23-20(27)16-6-4-3-5-7-16/h3-11,14H,12-13H2,1-2H3,(H,22,28)(H,23,27)(H,25,26)/b18-14-. The van der Waals surface area contributed by atoms with Gasteiger partial charge in [-0.2, -0.15) is 0 Å². The predicted octanol–water partition coefficient (Wildman–Crippen LogP) is 2.11. The number of nitrogens with zero attached hydrogens (tertiary/aromatic N) is 1. The van der Waals surface area contributed by atoms with Gasteiger partial charge in [0.1, 0.15) is 5.70 Å². The number of hydrogen-bond donors (Lipinski definition) is 3. The summed E-state index contributed by atoms with van der Waals surface area (Å²) in [5.41, 5.74) is 2.17. The van der Waals surface area contributed by atoms with Crippen molar-refractivity contribution in [3.05, 3.63) is 71.4 Å². The van der Waals surface area contributed by atoms with Gasteiger partial charge in [0.05, 0.1) is 6.42 Å². The molecule has 2 aromatic carbocycles. The molecular weight excluding hydrogens is 358 g/mol. The monoisotopic (exact) mass is 381 g/mol. The van der Waals surface area contributed by atoms with Gasteiger partial charge in [0.25, 0.3) is 11.8 Å². The summed E-state index contributed by atoms with van der Waals surface area (Å²) in [4.78, 5) is 37.5. The SMILES string of the molecule is CN(C)c1ccc(/C=C(\NC(=O)c2ccccc2)C(=O)NCCC(=O)O)cc1. The third kappa shape index (κ3) is 6.28. The first-order valence-corrected chi connectivity index (χ1v) is 8.72. The van der Waals surface area contributed by atoms with Crippen LogP contribution in [-0.4, -0.2) is 43.5 Å². The molecule has 2 amide bonds. The summed E-state index contributed by atoms with van der Waals surface area (Å²) in [6, 6.07) is 16.0. The van der Waals surface area contributed by atoms with Gasteiger partial charge in [-0.05, 0) is 35.9 Å². The van der Waals surface area contributed by atoms with Gasteiger partial charge in [0.2, 0.25) is 0 Å². The summed E-state index contributed by atoms with van der Waals surface area (Å²) >= 11 is 0. The van der Waals surface area contributed by atoms with E-state index in [0.29, 0.717) is 5.56 Å². The first-order chi connectivity index (χ1) is 13.4. The van der Waals surface area contributed by atoms with Gasteiger partial charge in [0.15, 0.2) is 0 Å². The molecule has 7 heteroatoms. The molecule has 7 nitrogen and oxygen atoms in total. The molecule has 0 saturated carbocycles. The number of aliphatic carboxylic acids is 1. The Labute approximate surface area is 163 Å². The van der Waals surface area contributed by atoms with E-state index in [1.54, 1.807) is 36.4 Å². The van der Waals surface area contributed by atoms with Gasteiger partial charge < -0.3 is 20.6 Å². The number of carbonyl (C=O) groups excluding carboxylic acids is 2. The third-order valence-electron chi connectivity index (χ3n) is 3.87. The second kappa shape index (κ2) is 9.91. The maximum absolute atomic E-state index is 12.5. The largest absolute Gasteiger partial charge is 0.481 e. The third-order valence-corrected chi connectivity index (χ3v) is 3.87. The smallest absolute Gasteiger partial charge is 0.305 e. The number of nitrogens with one attached hydrogen (secondary N) is 2. The van der Waals surface area contributed by atoms with Gasteiger partial charge >= 0.3 is 5.97 Å². The number of anilines is 1. The lowest BCUT2D eigenvalue weighted by atomic mass is 10.1. The Balaban J connectivity index is 2.22. The average Bonchev–Trinajstić information content (AvgIpc) is 2.68. The predicted molar refractivity (Wildman–Crippen MR) is 108 cm³/mol. The Kier molecular flexibility index (Phi) is 7.33. The highest BCUT2D eigenvalue weighted by atomic mass is 16.4. The number of rotatable bonds is 8. The van der Waals surface area contributed by atoms with Crippen LogP contribution in [0.4, 0.5) is 5.69 Å². The normalized spacial score (nSPS) is 10.9. The van der Waals surface area contributed by atoms with E-state index in [2.05, 4.69) is 10.6 Å². The summed E-state index contributed by atoms with van der Waals surface area (Å²) in [6.07, 6.45) is 1.35. The molecule has 0 heterocycles. The van der Waals surface area contributed by atoms with Gasteiger partial charge in [-0.3, -0.25) is 14.4 Å². The second-order valence-corrected chi connectivity index (χ2v) is 6.26. The molecule has 0 aliphatic carbocycles. The minimum Gasteiger partial charge on any atom is -0.481 e. The number of benzene rings is 2. The lowest BCUT2D eigenvalue weighted by Crippen LogP contribution is -2.35. The van der Waals surface area contributed by atoms with Gasteiger partial charge in [-0.25, -0.2) is 0 Å². The molecule has 0 unspecified atom stereocenters. The molecule has 146 valence electrons. The Morgan fingerprint density at radius 3 is 2.21 bits per heavy atom. The molecule has 3 N–H and O–H groups in total. The highest BCUT2D eigenvalue weighted by Gasteiger charge is 2.14. The van der Waals surface area contributed by atoms with E-state index in [1.807, 2.05) is 43.3 Å². The Bertz CT molecular complexity index is 859. The van der Waals surface area contributed by atoms with Crippen LogP contribution in [0.1, 0.15) is 22.3 Å². The van der Waals surface area contributed by atoms with Crippen molar-refractivity contribution in [3.63, 3.8) is 0 Å². The molecule has 2 aromatic rings. The van der Waals surface area contributed by atoms with Crippen LogP contribution in [-0.2, 0) is 9.59 Å². The lowest BCUT2D eigenvalue weighted by Gasteiger charge is -2.13. The summed E-state index contributed by atoms with van der Waals surface area (Å²) in [6.45, 7) is -0.0354. The second-order valence-electron chi connectivity index (χ2n) is 6.26. The Morgan fingerprint density at radius 2 is 1.64 bits per heavy atom. The minimum absolute atomic E-state index is 0.0354. The number of amides is 2. The van der Waals surface area contributed by atoms with Crippen molar-refractivity contribution in [2.24, 2.45) is 0 Å². The van der Waals surface area contributed by atoms with Crippen LogP contribution in [0.5, 0.6) is 0 Å². The molecule has 0 bridgehead atoms. The molecule has 28 heavy (non-hydrogen) atoms. The summed E-state index contributed by atoms with van der Waals surface area (Å²) in [5, 5.41) is 13.8. The quantitative estimate of drug-likeness (QED) is 0.609. The average molecular weight is 381 g/mol. The summed E-state index contributed by atoms with van der Waals surface area (Å²) in [5.74, 6) is -1.99. The van der Waals surface area contributed by atoms with Crippen LogP contribution in [0.3, 0.4) is 0 Å². The van der Waals surface area contributed by atoms with Gasteiger partial charge in [-0.1, -0.05) is 30.3 Å². The zero-order chi connectivity index (χ0) is 20.5. The molecule has 0 aliphatic rings. The van der Waals surface area contributed by atoms with E-state index < -0.39 is 17.8 Å². The van der Waals surface area contributed by atoms with Crippen molar-refractivity contribution >= 4 is 29.5 Å². The van der Waals surface area contributed by atoms with E-state index in [1.165, 1.54) is 0 Å². The molecule has 0 aliphatic heterocycles. The zero-order valence-electron chi connectivity index (χ0n) is 15.8. The van der Waals surface area contributed by atoms with Crippen LogP contribution in [0.15, 0.2) is 60.3 Å². The first-order valence-electron chi connectivity index (χ1n) is 8.72. The zero-order valence-corrected chi connectivity index (χ0v) is 15.8. The first kappa shape index (κ1) is 20.7. The molecule has 0 aromatic heterocycles. The fourth-order valence-electron chi connectivity index (χ4n) is 2.36. The maximum Gasteiger partial charge on any atom is 0.305 e. The van der Waals surface area contributed by atoms with Crippen molar-refractivity contribution in [2.75, 3.05) is 25.5 Å². The fraction of sp³-hybridized carbons (Fsp3) is 0.190. The molecule has 0 saturated heterocycles. The summed E-state index contributed by atoms with van der Waals surface area (Å²) in [7, 11) is 3.85. The van der Waals surface area contributed by atoms with Crippen LogP contribution >= 0.6 is 0 Å². The van der Waals surface area contributed by atoms with E-state index in [4.69, 9.17) is 5.11 Å². The van der Waals surface area contributed by atoms with Crippen LogP contribution < -0.4 is 15.5 Å². The summed E-state index contributed by atoms with van der Waals surface area (Å²) < 4.78 is 0. The maximum atomic E-state index is 12.5. The lowest BCUT2D eigenvalue weighted by molar-refractivity contribution is -0.136. The van der Waals surface area contributed by atoms with Gasteiger partial charge in [-0.15, -0.1) is 0 Å². The topological polar surface area (TPSA) is 98.7 Å². The highest BCUT2D eigenvalue weighted by Crippen LogP contribution is 2.14. The number of carbonyl (C=O) groups is 3. The highest BCUT2D eigenvalue weighted by molar-refractivity contribution is 6.05. The Morgan fingerprint density at radius 1 is 1.00 bits per heavy atom. The molecule has 0 atom stereocenters. The van der Waals surface area contributed by atoms with Crippen molar-refractivity contribution in [1.82, 2.24) is 10.6 Å². The number of carboxylic acids is 1. The molecule has 0 spiro atoms. The van der Waals surface area contributed by atoms with Crippen LogP contribution in [0, 0.1) is 0 Å². The molecule has 2 rings (SSSR count). The minimum atomic E-state index is -1.02. The van der Waals surface area contributed by atoms with Crippen molar-refractivity contribution in [3.8, 4) is 0 Å². The van der Waals surface area contributed by atoms with Gasteiger partial charge in [0, 0.05) is 31.9 Å². The van der Waals surface area contributed by atoms with E-state index in [-0.39, 0.29) is 18.7 Å². The molecule has 0 radical (unpaired) electrons. The van der Waals surface area contributed by atoms with Crippen LogP contribution in [0.25, 0.3) is 6.08 Å². The van der Waals surface area contributed by atoms with Crippen LogP contribution in [0.2, 0.25) is 0 Å². The van der Waals surface area contributed by atoms with Crippen molar-refractivity contribution in [1.29, 1.82) is 0 Å². The number of carboxylic acid groups (broad SMARTS) is 1. The van der Waals surface area contributed by atoms with E-state index >= 15 is 0 Å². The Hall–Kier alpha value is -3.61. The molecular formula is C21H23N3O4. The van der Waals surface area contributed by atoms with E-state index in [0.717, 1.165) is 11.3 Å². The van der Waals surface area contributed by atoms with Crippen molar-refractivity contribution < 1.29 is 19.5 Å². The number of hydrogen-bond acceptors (Lipinski definition) is 4. The molecule has 0 fully saturated rings. The van der Waals surface area contributed by atoms with E-state index in [9.17, 15) is 14.4 Å². The fourth-order valence-corrected chi connectivity index (χ4v) is 2.36.